The van der Waals surface area contributed by atoms with Crippen molar-refractivity contribution < 1.29 is 21.1 Å². The average molecular weight is 596 g/mol. The third kappa shape index (κ3) is 3.36. The van der Waals surface area contributed by atoms with Crippen molar-refractivity contribution in [3.63, 3.8) is 0 Å². The molecule has 0 atom stereocenters. The fourth-order valence-corrected chi connectivity index (χ4v) is 5.47. The molecule has 0 unspecified atom stereocenters. The van der Waals surface area contributed by atoms with E-state index in [1.54, 1.807) is 22.7 Å². The Morgan fingerprint density at radius 2 is 1.10 bits per heavy atom. The summed E-state index contributed by atoms with van der Waals surface area (Å²) in [7, 11) is 0. The molecule has 0 aliphatic carbocycles. The zero-order valence-electron chi connectivity index (χ0n) is 16.6. The molecule has 2 aromatic heterocycles. The minimum atomic E-state index is -0.223. The average Bonchev–Trinajstić information content (AvgIpc) is 3.37. The van der Waals surface area contributed by atoms with Crippen LogP contribution >= 0.6 is 22.7 Å². The minimum Gasteiger partial charge on any atom is -0.239 e. The van der Waals surface area contributed by atoms with Gasteiger partial charge in [0.15, 0.2) is 0 Å². The van der Waals surface area contributed by atoms with E-state index < -0.39 is 0 Å². The van der Waals surface area contributed by atoms with E-state index in [9.17, 15) is 0 Å². The Morgan fingerprint density at radius 1 is 0.690 bits per heavy atom. The molecule has 5 heteroatoms. The third-order valence-corrected chi connectivity index (χ3v) is 7.90. The maximum Gasteiger partial charge on any atom is 2.00 e. The summed E-state index contributed by atoms with van der Waals surface area (Å²) in [5.74, 6) is 0. The summed E-state index contributed by atoms with van der Waals surface area (Å²) in [4.78, 5) is 9.92. The molecule has 0 radical (unpaired) electrons. The molecule has 0 amide bonds. The van der Waals surface area contributed by atoms with E-state index in [0.717, 1.165) is 43.7 Å². The number of thiazole rings is 2. The third-order valence-electron chi connectivity index (χ3n) is 5.57. The monoisotopic (exact) mass is 595 g/mol. The van der Waals surface area contributed by atoms with E-state index in [-0.39, 0.29) is 31.9 Å². The first-order valence-corrected chi connectivity index (χ1v) is 11.1. The summed E-state index contributed by atoms with van der Waals surface area (Å²) < 4.78 is 0. The quantitative estimate of drug-likeness (QED) is 0.217. The van der Waals surface area contributed by atoms with Gasteiger partial charge in [-0.2, -0.15) is 36.4 Å². The van der Waals surface area contributed by atoms with Gasteiger partial charge in [0.1, 0.15) is 21.4 Å². The van der Waals surface area contributed by atoms with E-state index in [1.807, 2.05) is 0 Å². The van der Waals surface area contributed by atoms with Crippen molar-refractivity contribution in [2.45, 2.75) is 38.5 Å². The van der Waals surface area contributed by atoms with Crippen LogP contribution in [0.15, 0.2) is 47.2 Å². The predicted molar refractivity (Wildman–Crippen MR) is 117 cm³/mol. The number of benzene rings is 2. The van der Waals surface area contributed by atoms with Gasteiger partial charge >= 0.3 is 21.1 Å². The summed E-state index contributed by atoms with van der Waals surface area (Å²) in [5, 5.41) is 6.41. The Bertz CT molecular complexity index is 1090. The minimum absolute atomic E-state index is 0. The molecule has 2 aromatic carbocycles. The zero-order valence-corrected chi connectivity index (χ0v) is 20.6. The molecule has 0 spiro atoms. The fourth-order valence-electron chi connectivity index (χ4n) is 3.57. The summed E-state index contributed by atoms with van der Waals surface area (Å²) in [6, 6.07) is 20.0. The summed E-state index contributed by atoms with van der Waals surface area (Å²) >= 11 is 3.39. The van der Waals surface area contributed by atoms with Gasteiger partial charge < -0.3 is 0 Å². The smallest absolute Gasteiger partial charge is 0.239 e. The van der Waals surface area contributed by atoms with E-state index >= 15 is 0 Å². The van der Waals surface area contributed by atoms with Crippen LogP contribution in [0.2, 0.25) is 0 Å². The maximum absolute atomic E-state index is 4.96. The number of hydrogen-bond acceptors (Lipinski definition) is 4. The molecule has 0 N–H and O–H groups in total. The standard InChI is InChI=1S/C24H20N2S2.Pt/c1-23(2)17-9-5-7-15(11-17)16-8-6-10-18(12-16)24(3,4)22-26-20(14-28-22)19-13-27-21(23)25-19;/h5-10,13-14H,1-4H3;/q-2;+2. The Hall–Kier alpha value is -1.61. The van der Waals surface area contributed by atoms with E-state index in [1.165, 1.54) is 0 Å². The van der Waals surface area contributed by atoms with Crippen LogP contribution in [0.25, 0.3) is 22.5 Å². The van der Waals surface area contributed by atoms with Crippen LogP contribution in [0.1, 0.15) is 48.8 Å². The Morgan fingerprint density at radius 3 is 1.52 bits per heavy atom. The number of hydrogen-bond donors (Lipinski definition) is 0. The predicted octanol–water partition coefficient (Wildman–Crippen LogP) is 6.50. The van der Waals surface area contributed by atoms with Crippen molar-refractivity contribution in [3.05, 3.63) is 80.4 Å². The molecule has 0 saturated heterocycles. The second kappa shape index (κ2) is 7.26. The van der Waals surface area contributed by atoms with Gasteiger partial charge in [0.05, 0.1) is 0 Å². The van der Waals surface area contributed by atoms with Crippen molar-refractivity contribution in [2.75, 3.05) is 0 Å². The SMILES string of the molecule is CC1(C)c2[c-]c(ccc2)-c2[c-]c(ccc2)C(C)(C)c2nc(cs2)-c2csc1n2.[Pt+2]. The van der Waals surface area contributed by atoms with Crippen LogP contribution in [-0.4, -0.2) is 9.97 Å². The first-order chi connectivity index (χ1) is 13.4. The van der Waals surface area contributed by atoms with Crippen LogP contribution in [0, 0.1) is 12.1 Å². The van der Waals surface area contributed by atoms with Gasteiger partial charge in [-0.15, -0.1) is 45.9 Å². The van der Waals surface area contributed by atoms with Gasteiger partial charge in [-0.1, -0.05) is 27.7 Å². The first-order valence-electron chi connectivity index (χ1n) is 9.34. The topological polar surface area (TPSA) is 25.8 Å². The summed E-state index contributed by atoms with van der Waals surface area (Å²) in [5.41, 5.74) is 5.88. The molecule has 1 aliphatic rings. The van der Waals surface area contributed by atoms with Crippen molar-refractivity contribution >= 4 is 22.7 Å². The molecule has 3 heterocycles. The van der Waals surface area contributed by atoms with Gasteiger partial charge in [0.2, 0.25) is 0 Å². The molecule has 5 rings (SSSR count). The van der Waals surface area contributed by atoms with Crippen molar-refractivity contribution in [2.24, 2.45) is 0 Å². The Balaban J connectivity index is 0.00000205. The van der Waals surface area contributed by atoms with E-state index in [2.05, 4.69) is 87.0 Å². The number of aromatic nitrogens is 2. The fraction of sp³-hybridized carbons (Fsp3) is 0.250. The van der Waals surface area contributed by atoms with Crippen molar-refractivity contribution in [1.82, 2.24) is 9.97 Å². The largest absolute Gasteiger partial charge is 2.00 e. The number of nitrogens with zero attached hydrogens (tertiary/aromatic N) is 2. The summed E-state index contributed by atoms with van der Waals surface area (Å²) in [6.07, 6.45) is 0. The normalized spacial score (nSPS) is 15.9. The molecular formula is C24H20N2PtS2. The summed E-state index contributed by atoms with van der Waals surface area (Å²) in [6.45, 7) is 8.86. The Kier molecular flexibility index (Phi) is 5.17. The van der Waals surface area contributed by atoms with Crippen molar-refractivity contribution in [1.29, 1.82) is 0 Å². The molecule has 0 fully saturated rings. The van der Waals surface area contributed by atoms with E-state index in [4.69, 9.17) is 9.97 Å². The van der Waals surface area contributed by atoms with Crippen molar-refractivity contribution in [3.8, 4) is 22.5 Å². The second-order valence-electron chi connectivity index (χ2n) is 8.28. The molecule has 0 saturated carbocycles. The van der Waals surface area contributed by atoms with Crippen LogP contribution in [0.5, 0.6) is 0 Å². The van der Waals surface area contributed by atoms with Crippen LogP contribution in [0.3, 0.4) is 0 Å². The van der Waals surface area contributed by atoms with Gasteiger partial charge in [-0.25, -0.2) is 21.1 Å². The second-order valence-corrected chi connectivity index (χ2v) is 10.00. The van der Waals surface area contributed by atoms with Crippen LogP contribution in [0.4, 0.5) is 0 Å². The molecule has 8 bridgehead atoms. The van der Waals surface area contributed by atoms with Gasteiger partial charge in [-0.05, 0) is 0 Å². The van der Waals surface area contributed by atoms with Gasteiger partial charge in [-0.3, -0.25) is 0 Å². The maximum atomic E-state index is 4.96. The molecule has 4 aromatic rings. The molecule has 29 heavy (non-hydrogen) atoms. The molecule has 2 nitrogen and oxygen atoms in total. The van der Waals surface area contributed by atoms with Crippen LogP contribution in [-0.2, 0) is 31.9 Å². The van der Waals surface area contributed by atoms with E-state index in [0.29, 0.717) is 0 Å². The number of rotatable bonds is 0. The van der Waals surface area contributed by atoms with Crippen LogP contribution < -0.4 is 0 Å². The number of fused-ring (bicyclic) bond motifs is 10. The molecular weight excluding hydrogens is 575 g/mol. The zero-order chi connectivity index (χ0) is 19.5. The Labute approximate surface area is 194 Å². The molecule has 1 aliphatic heterocycles. The van der Waals surface area contributed by atoms with Gasteiger partial charge in [0, 0.05) is 21.6 Å². The first kappa shape index (κ1) is 20.7. The molecule has 148 valence electrons. The van der Waals surface area contributed by atoms with Gasteiger partial charge in [0.25, 0.3) is 0 Å².